The minimum absolute atomic E-state index is 0.446. The van der Waals surface area contributed by atoms with Crippen molar-refractivity contribution in [2.75, 3.05) is 0 Å². The predicted molar refractivity (Wildman–Crippen MR) is 80.3 cm³/mol. The van der Waals surface area contributed by atoms with E-state index in [1.807, 2.05) is 25.1 Å². The van der Waals surface area contributed by atoms with E-state index in [-0.39, 0.29) is 0 Å². The van der Waals surface area contributed by atoms with Gasteiger partial charge in [0.1, 0.15) is 0 Å². The van der Waals surface area contributed by atoms with Gasteiger partial charge in [0, 0.05) is 5.02 Å². The summed E-state index contributed by atoms with van der Waals surface area (Å²) < 4.78 is 38.2. The smallest absolute Gasteiger partial charge is 0.166 e. The summed E-state index contributed by atoms with van der Waals surface area (Å²) in [7, 11) is 0. The average Bonchev–Trinajstić information content (AvgIpc) is 2.45. The highest BCUT2D eigenvalue weighted by atomic mass is 35.5. The van der Waals surface area contributed by atoms with Gasteiger partial charge in [-0.1, -0.05) is 48.0 Å². The van der Waals surface area contributed by atoms with Gasteiger partial charge in [0.15, 0.2) is 0 Å². The van der Waals surface area contributed by atoms with Crippen LogP contribution in [0.15, 0.2) is 54.6 Å². The van der Waals surface area contributed by atoms with Crippen molar-refractivity contribution in [3.8, 4) is 0 Å². The highest BCUT2D eigenvalue weighted by Crippen LogP contribution is 2.30. The van der Waals surface area contributed by atoms with Gasteiger partial charge in [-0.25, -0.2) is 0 Å². The van der Waals surface area contributed by atoms with Crippen molar-refractivity contribution in [2.24, 2.45) is 0 Å². The van der Waals surface area contributed by atoms with Crippen LogP contribution >= 0.6 is 11.6 Å². The molecule has 0 amide bonds. The molecular weight excluding hydrogens is 297 g/mol. The highest BCUT2D eigenvalue weighted by Gasteiger charge is 2.30. The van der Waals surface area contributed by atoms with Crippen LogP contribution in [-0.2, 0) is 12.6 Å². The first-order chi connectivity index (χ1) is 9.90. The van der Waals surface area contributed by atoms with E-state index in [2.05, 4.69) is 0 Å². The Morgan fingerprint density at radius 1 is 1.10 bits per heavy atom. The van der Waals surface area contributed by atoms with Crippen molar-refractivity contribution in [2.45, 2.75) is 19.5 Å². The minimum Gasteiger partial charge on any atom is -0.166 e. The lowest BCUT2D eigenvalue weighted by atomic mass is 9.97. The molecule has 21 heavy (non-hydrogen) atoms. The molecule has 4 heteroatoms. The molecule has 0 heterocycles. The molecule has 0 spiro atoms. The molecule has 0 N–H and O–H groups in total. The standard InChI is InChI=1S/C17H14ClF3/c1-2-13(14-6-8-16(18)9-7-14)10-12-4-3-5-15(11-12)17(19,20)21/h2-9,11H,10H2,1H3. The Bertz CT molecular complexity index is 640. The highest BCUT2D eigenvalue weighted by molar-refractivity contribution is 6.30. The molecule has 2 aromatic rings. The Labute approximate surface area is 126 Å². The Morgan fingerprint density at radius 3 is 2.33 bits per heavy atom. The van der Waals surface area contributed by atoms with Gasteiger partial charge < -0.3 is 0 Å². The Balaban J connectivity index is 2.26. The maximum atomic E-state index is 12.7. The molecule has 0 saturated heterocycles. The summed E-state index contributed by atoms with van der Waals surface area (Å²) in [5, 5.41) is 0.633. The van der Waals surface area contributed by atoms with Gasteiger partial charge in [-0.2, -0.15) is 13.2 Å². The minimum atomic E-state index is -4.31. The quantitative estimate of drug-likeness (QED) is 0.651. The number of hydrogen-bond donors (Lipinski definition) is 0. The van der Waals surface area contributed by atoms with Gasteiger partial charge >= 0.3 is 6.18 Å². The van der Waals surface area contributed by atoms with Crippen molar-refractivity contribution in [3.05, 3.63) is 76.3 Å². The summed E-state index contributed by atoms with van der Waals surface area (Å²) >= 11 is 5.85. The monoisotopic (exact) mass is 310 g/mol. The van der Waals surface area contributed by atoms with Crippen LogP contribution < -0.4 is 0 Å². The van der Waals surface area contributed by atoms with Gasteiger partial charge in [0.05, 0.1) is 5.56 Å². The van der Waals surface area contributed by atoms with Gasteiger partial charge in [0.25, 0.3) is 0 Å². The zero-order valence-corrected chi connectivity index (χ0v) is 12.2. The SMILES string of the molecule is CC=C(Cc1cccc(C(F)(F)F)c1)c1ccc(Cl)cc1. The fourth-order valence-electron chi connectivity index (χ4n) is 2.11. The second-order valence-corrected chi connectivity index (χ2v) is 5.13. The summed E-state index contributed by atoms with van der Waals surface area (Å²) in [6.45, 7) is 1.87. The molecule has 110 valence electrons. The lowest BCUT2D eigenvalue weighted by Gasteiger charge is -2.11. The van der Waals surface area contributed by atoms with Gasteiger partial charge in [-0.3, -0.25) is 0 Å². The Morgan fingerprint density at radius 2 is 1.76 bits per heavy atom. The van der Waals surface area contributed by atoms with Crippen molar-refractivity contribution in [1.82, 2.24) is 0 Å². The third-order valence-corrected chi connectivity index (χ3v) is 3.46. The van der Waals surface area contributed by atoms with Gasteiger partial charge in [-0.05, 0) is 48.2 Å². The van der Waals surface area contributed by atoms with Crippen LogP contribution in [0.25, 0.3) is 5.57 Å². The first kappa shape index (κ1) is 15.6. The fourth-order valence-corrected chi connectivity index (χ4v) is 2.24. The zero-order chi connectivity index (χ0) is 15.5. The van der Waals surface area contributed by atoms with Crippen molar-refractivity contribution < 1.29 is 13.2 Å². The Hall–Kier alpha value is -1.74. The van der Waals surface area contributed by atoms with Crippen molar-refractivity contribution >= 4 is 17.2 Å². The number of rotatable bonds is 3. The first-order valence-electron chi connectivity index (χ1n) is 6.47. The van der Waals surface area contributed by atoms with E-state index in [0.29, 0.717) is 17.0 Å². The molecule has 0 saturated carbocycles. The van der Waals surface area contributed by atoms with Crippen LogP contribution in [-0.4, -0.2) is 0 Å². The number of benzene rings is 2. The molecule has 0 aliphatic heterocycles. The average molecular weight is 311 g/mol. The van der Waals surface area contributed by atoms with Crippen LogP contribution in [0.1, 0.15) is 23.6 Å². The molecule has 0 fully saturated rings. The topological polar surface area (TPSA) is 0 Å². The number of allylic oxidation sites excluding steroid dienone is 2. The van der Waals surface area contributed by atoms with Crippen molar-refractivity contribution in [3.63, 3.8) is 0 Å². The lowest BCUT2D eigenvalue weighted by Crippen LogP contribution is -2.05. The summed E-state index contributed by atoms with van der Waals surface area (Å²) in [6.07, 6.45) is -1.96. The molecule has 2 aromatic carbocycles. The van der Waals surface area contributed by atoms with Crippen LogP contribution in [0, 0.1) is 0 Å². The molecule has 0 atom stereocenters. The zero-order valence-electron chi connectivity index (χ0n) is 11.4. The van der Waals surface area contributed by atoms with Crippen molar-refractivity contribution in [1.29, 1.82) is 0 Å². The Kier molecular flexibility index (Phi) is 4.73. The van der Waals surface area contributed by atoms with Gasteiger partial charge in [-0.15, -0.1) is 0 Å². The van der Waals surface area contributed by atoms with E-state index < -0.39 is 11.7 Å². The molecular formula is C17H14ClF3. The van der Waals surface area contributed by atoms with E-state index in [1.54, 1.807) is 18.2 Å². The summed E-state index contributed by atoms with van der Waals surface area (Å²) in [5.41, 5.74) is 1.93. The predicted octanol–water partition coefficient (Wildman–Crippen LogP) is 6.00. The van der Waals surface area contributed by atoms with E-state index in [9.17, 15) is 13.2 Å². The van der Waals surface area contributed by atoms with E-state index >= 15 is 0 Å². The molecule has 0 bridgehead atoms. The summed E-state index contributed by atoms with van der Waals surface area (Å²) in [6, 6.07) is 12.7. The molecule has 0 aliphatic carbocycles. The lowest BCUT2D eigenvalue weighted by molar-refractivity contribution is -0.137. The maximum Gasteiger partial charge on any atom is 0.416 e. The van der Waals surface area contributed by atoms with E-state index in [1.165, 1.54) is 12.1 Å². The molecule has 2 rings (SSSR count). The number of halogens is 4. The van der Waals surface area contributed by atoms with Crippen LogP contribution in [0.2, 0.25) is 5.02 Å². The third-order valence-electron chi connectivity index (χ3n) is 3.21. The van der Waals surface area contributed by atoms with Gasteiger partial charge in [0.2, 0.25) is 0 Å². The fraction of sp³-hybridized carbons (Fsp3) is 0.176. The van der Waals surface area contributed by atoms with Crippen LogP contribution in [0.3, 0.4) is 0 Å². The number of hydrogen-bond acceptors (Lipinski definition) is 0. The summed E-state index contributed by atoms with van der Waals surface area (Å²) in [4.78, 5) is 0. The van der Waals surface area contributed by atoms with E-state index in [0.717, 1.165) is 17.2 Å². The molecule has 0 unspecified atom stereocenters. The molecule has 0 radical (unpaired) electrons. The van der Waals surface area contributed by atoms with E-state index in [4.69, 9.17) is 11.6 Å². The normalized spacial score (nSPS) is 12.5. The molecule has 0 aliphatic rings. The van der Waals surface area contributed by atoms with Crippen LogP contribution in [0.4, 0.5) is 13.2 Å². The second-order valence-electron chi connectivity index (χ2n) is 4.70. The number of alkyl halides is 3. The third kappa shape index (κ3) is 4.11. The second kappa shape index (κ2) is 6.35. The largest absolute Gasteiger partial charge is 0.416 e. The van der Waals surface area contributed by atoms with Crippen LogP contribution in [0.5, 0.6) is 0 Å². The molecule has 0 aromatic heterocycles. The first-order valence-corrected chi connectivity index (χ1v) is 6.85. The summed E-state index contributed by atoms with van der Waals surface area (Å²) in [5.74, 6) is 0. The molecule has 0 nitrogen and oxygen atoms in total. The maximum absolute atomic E-state index is 12.7.